The highest BCUT2D eigenvalue weighted by atomic mass is 16.7. The summed E-state index contributed by atoms with van der Waals surface area (Å²) in [7, 11) is 0. The summed E-state index contributed by atoms with van der Waals surface area (Å²) in [6.07, 6.45) is 0. The average Bonchev–Trinajstić information content (AvgIpc) is 3.28. The Morgan fingerprint density at radius 2 is 0.767 bits per heavy atom. The van der Waals surface area contributed by atoms with E-state index in [1.807, 2.05) is 0 Å². The van der Waals surface area contributed by atoms with Crippen LogP contribution in [0.5, 0.6) is 11.5 Å². The highest BCUT2D eigenvalue weighted by Gasteiger charge is 2.29. The van der Waals surface area contributed by atoms with Crippen molar-refractivity contribution < 1.29 is 9.47 Å². The monoisotopic (exact) mass is 550 g/mol. The van der Waals surface area contributed by atoms with Gasteiger partial charge in [-0.05, 0) is 66.7 Å². The molecule has 2 nitrogen and oxygen atoms in total. The number of fused-ring (bicyclic) bond motifs is 11. The molecule has 0 fully saturated rings. The normalized spacial score (nSPS) is 12.5. The van der Waals surface area contributed by atoms with Crippen LogP contribution >= 0.6 is 0 Å². The molecule has 8 aromatic rings. The van der Waals surface area contributed by atoms with E-state index in [-0.39, 0.29) is 6.79 Å². The van der Waals surface area contributed by atoms with Gasteiger partial charge < -0.3 is 9.47 Å². The topological polar surface area (TPSA) is 18.5 Å². The zero-order valence-electron chi connectivity index (χ0n) is 23.4. The van der Waals surface area contributed by atoms with Crippen molar-refractivity contribution in [2.24, 2.45) is 0 Å². The Labute approximate surface area is 249 Å². The number of rotatable bonds is 2. The van der Waals surface area contributed by atoms with Gasteiger partial charge in [0.15, 0.2) is 0 Å². The summed E-state index contributed by atoms with van der Waals surface area (Å²) >= 11 is 0. The van der Waals surface area contributed by atoms with Crippen LogP contribution in [0.2, 0.25) is 0 Å². The van der Waals surface area contributed by atoms with E-state index in [2.05, 4.69) is 146 Å². The Morgan fingerprint density at radius 3 is 1.23 bits per heavy atom. The predicted octanol–water partition coefficient (Wildman–Crippen LogP) is 11.0. The zero-order valence-corrected chi connectivity index (χ0v) is 23.4. The van der Waals surface area contributed by atoms with Gasteiger partial charge >= 0.3 is 0 Å². The van der Waals surface area contributed by atoms with E-state index in [0.717, 1.165) is 66.4 Å². The molecule has 0 aromatic heterocycles. The second-order valence-corrected chi connectivity index (χ2v) is 11.2. The third-order valence-electron chi connectivity index (χ3n) is 8.80. The van der Waals surface area contributed by atoms with E-state index in [9.17, 15) is 0 Å². The Bertz CT molecular complexity index is 2190. The summed E-state index contributed by atoms with van der Waals surface area (Å²) in [5.41, 5.74) is 6.67. The number of hydrogen-bond donors (Lipinski definition) is 0. The summed E-state index contributed by atoms with van der Waals surface area (Å²) < 4.78 is 13.5. The fraction of sp³-hybridized carbons (Fsp3) is 0.0244. The molecule has 0 saturated heterocycles. The standard InChI is InChI=1S/C41H26O2/c1-3-11-26(12-4-1)34-23-30-21-19-28-15-7-9-17-32(28)36(30)40-38(34)39-35(27-13-5-2-6-14-27)24-31-22-20-29-16-8-10-18-33(29)37(31)41(39)43-25-42-40/h1-24H,25H2. The van der Waals surface area contributed by atoms with Gasteiger partial charge in [-0.2, -0.15) is 0 Å². The molecule has 0 amide bonds. The Hall–Kier alpha value is -5.60. The molecule has 202 valence electrons. The molecule has 1 heterocycles. The summed E-state index contributed by atoms with van der Waals surface area (Å²) in [4.78, 5) is 0. The lowest BCUT2D eigenvalue weighted by Gasteiger charge is -2.21. The molecule has 1 aliphatic heterocycles. The SMILES string of the molecule is c1ccc(-c2cc3ccc4ccccc4c3c3c2-c2c(-c4ccccc4)cc4ccc5ccccc5c4c2OCO3)cc1. The van der Waals surface area contributed by atoms with Crippen molar-refractivity contribution in [3.05, 3.63) is 146 Å². The summed E-state index contributed by atoms with van der Waals surface area (Å²) in [6, 6.07) is 51.9. The minimum Gasteiger partial charge on any atom is -0.456 e. The Kier molecular flexibility index (Phi) is 5.30. The van der Waals surface area contributed by atoms with Crippen molar-refractivity contribution in [2.75, 3.05) is 6.79 Å². The number of ether oxygens (including phenoxy) is 2. The van der Waals surface area contributed by atoms with E-state index < -0.39 is 0 Å². The lowest BCUT2D eigenvalue weighted by molar-refractivity contribution is 0.128. The summed E-state index contributed by atoms with van der Waals surface area (Å²) in [5.74, 6) is 1.73. The molecule has 0 unspecified atom stereocenters. The first-order valence-electron chi connectivity index (χ1n) is 14.7. The summed E-state index contributed by atoms with van der Waals surface area (Å²) in [6.45, 7) is 0.118. The van der Waals surface area contributed by atoms with E-state index in [1.54, 1.807) is 0 Å². The van der Waals surface area contributed by atoms with Crippen molar-refractivity contribution >= 4 is 43.1 Å². The predicted molar refractivity (Wildman–Crippen MR) is 179 cm³/mol. The Morgan fingerprint density at radius 1 is 0.372 bits per heavy atom. The van der Waals surface area contributed by atoms with Crippen LogP contribution in [0.25, 0.3) is 76.5 Å². The molecule has 9 rings (SSSR count). The van der Waals surface area contributed by atoms with Crippen LogP contribution in [0.4, 0.5) is 0 Å². The van der Waals surface area contributed by atoms with Crippen LogP contribution in [-0.2, 0) is 0 Å². The maximum Gasteiger partial charge on any atom is 0.231 e. The molecule has 0 radical (unpaired) electrons. The van der Waals surface area contributed by atoms with Gasteiger partial charge in [-0.3, -0.25) is 0 Å². The average molecular weight is 551 g/mol. The first-order valence-corrected chi connectivity index (χ1v) is 14.7. The highest BCUT2D eigenvalue weighted by Crippen LogP contribution is 2.55. The van der Waals surface area contributed by atoms with E-state index in [0.29, 0.717) is 0 Å². The lowest BCUT2D eigenvalue weighted by atomic mass is 9.83. The van der Waals surface area contributed by atoms with Crippen molar-refractivity contribution in [1.82, 2.24) is 0 Å². The first-order chi connectivity index (χ1) is 21.3. The smallest absolute Gasteiger partial charge is 0.231 e. The third-order valence-corrected chi connectivity index (χ3v) is 8.80. The second-order valence-electron chi connectivity index (χ2n) is 11.2. The van der Waals surface area contributed by atoms with Gasteiger partial charge in [0.05, 0.1) is 0 Å². The van der Waals surface area contributed by atoms with E-state index in [4.69, 9.17) is 9.47 Å². The van der Waals surface area contributed by atoms with Gasteiger partial charge in [0, 0.05) is 21.9 Å². The number of hydrogen-bond acceptors (Lipinski definition) is 2. The molecule has 0 spiro atoms. The fourth-order valence-electron chi connectivity index (χ4n) is 6.90. The van der Waals surface area contributed by atoms with Crippen molar-refractivity contribution in [1.29, 1.82) is 0 Å². The minimum absolute atomic E-state index is 0.118. The third kappa shape index (κ3) is 3.67. The van der Waals surface area contributed by atoms with Crippen LogP contribution in [0.3, 0.4) is 0 Å². The van der Waals surface area contributed by atoms with Crippen molar-refractivity contribution in [3.8, 4) is 44.9 Å². The van der Waals surface area contributed by atoms with Gasteiger partial charge in [-0.15, -0.1) is 0 Å². The van der Waals surface area contributed by atoms with Crippen LogP contribution in [0.1, 0.15) is 0 Å². The number of benzene rings is 8. The molecule has 43 heavy (non-hydrogen) atoms. The molecular weight excluding hydrogens is 524 g/mol. The minimum atomic E-state index is 0.118. The maximum absolute atomic E-state index is 6.74. The molecular formula is C41H26O2. The molecule has 0 N–H and O–H groups in total. The van der Waals surface area contributed by atoms with Gasteiger partial charge in [-0.25, -0.2) is 0 Å². The van der Waals surface area contributed by atoms with Gasteiger partial charge in [-0.1, -0.05) is 133 Å². The van der Waals surface area contributed by atoms with Crippen LogP contribution in [-0.4, -0.2) is 6.79 Å². The summed E-state index contributed by atoms with van der Waals surface area (Å²) in [5, 5.41) is 9.23. The molecule has 1 aliphatic rings. The molecule has 2 heteroatoms. The largest absolute Gasteiger partial charge is 0.456 e. The molecule has 0 aliphatic carbocycles. The first kappa shape index (κ1) is 24.0. The molecule has 0 bridgehead atoms. The van der Waals surface area contributed by atoms with Crippen molar-refractivity contribution in [3.63, 3.8) is 0 Å². The van der Waals surface area contributed by atoms with E-state index in [1.165, 1.54) is 21.5 Å². The Balaban J connectivity index is 1.54. The molecule has 0 atom stereocenters. The van der Waals surface area contributed by atoms with Gasteiger partial charge in [0.2, 0.25) is 6.79 Å². The zero-order chi connectivity index (χ0) is 28.3. The van der Waals surface area contributed by atoms with Crippen LogP contribution in [0, 0.1) is 0 Å². The lowest BCUT2D eigenvalue weighted by Crippen LogP contribution is -2.04. The van der Waals surface area contributed by atoms with Crippen LogP contribution < -0.4 is 9.47 Å². The molecule has 0 saturated carbocycles. The fourth-order valence-corrected chi connectivity index (χ4v) is 6.90. The van der Waals surface area contributed by atoms with Gasteiger partial charge in [0.25, 0.3) is 0 Å². The van der Waals surface area contributed by atoms with Crippen molar-refractivity contribution in [2.45, 2.75) is 0 Å². The quantitative estimate of drug-likeness (QED) is 0.199. The van der Waals surface area contributed by atoms with Gasteiger partial charge in [0.1, 0.15) is 11.5 Å². The van der Waals surface area contributed by atoms with Crippen LogP contribution in [0.15, 0.2) is 146 Å². The second kappa shape index (κ2) is 9.47. The highest BCUT2D eigenvalue weighted by molar-refractivity contribution is 6.20. The van der Waals surface area contributed by atoms with E-state index >= 15 is 0 Å². The maximum atomic E-state index is 6.74. The molecule has 8 aromatic carbocycles.